The van der Waals surface area contributed by atoms with Crippen molar-refractivity contribution in [2.24, 2.45) is 0 Å². The number of hydrogen-bond acceptors (Lipinski definition) is 1. The van der Waals surface area contributed by atoms with Crippen LogP contribution in [0.4, 0.5) is 0 Å². The van der Waals surface area contributed by atoms with Crippen molar-refractivity contribution < 1.29 is 0 Å². The van der Waals surface area contributed by atoms with Gasteiger partial charge in [-0.25, -0.2) is 0 Å². The van der Waals surface area contributed by atoms with Crippen LogP contribution in [-0.2, 0) is 0 Å². The van der Waals surface area contributed by atoms with Gasteiger partial charge >= 0.3 is 0 Å². The fourth-order valence-electron chi connectivity index (χ4n) is 2.69. The number of hydrogen-bond donors (Lipinski definition) is 0. The van der Waals surface area contributed by atoms with Crippen LogP contribution in [0.1, 0.15) is 76.0 Å². The zero-order valence-corrected chi connectivity index (χ0v) is 16.8. The maximum Gasteiger partial charge on any atom is 0.0481 e. The molecule has 0 nitrogen and oxygen atoms in total. The van der Waals surface area contributed by atoms with Crippen LogP contribution in [0.3, 0.4) is 0 Å². The smallest absolute Gasteiger partial charge is 0.0481 e. The Hall–Kier alpha value is -0.350. The van der Waals surface area contributed by atoms with Crippen LogP contribution >= 0.6 is 33.9 Å². The summed E-state index contributed by atoms with van der Waals surface area (Å²) in [5.41, 5.74) is 5.97. The second-order valence-corrected chi connectivity index (χ2v) is 8.71. The summed E-state index contributed by atoms with van der Waals surface area (Å²) in [6.45, 7) is 13.8. The number of thiophene rings is 1. The van der Waals surface area contributed by atoms with Gasteiger partial charge in [0.1, 0.15) is 0 Å². The highest BCUT2D eigenvalue weighted by Gasteiger charge is 2.20. The molecule has 1 aromatic carbocycles. The molecule has 0 spiro atoms. The zero-order chi connectivity index (χ0) is 15.7. The fourth-order valence-corrected chi connectivity index (χ4v) is 4.64. The normalized spacial score (nSPS) is 11.9. The Bertz CT molecular complexity index is 591. The zero-order valence-electron chi connectivity index (χ0n) is 13.8. The van der Waals surface area contributed by atoms with Crippen molar-refractivity contribution in [3.05, 3.63) is 43.8 Å². The number of halogens is 1. The highest BCUT2D eigenvalue weighted by atomic mass is 127. The van der Waals surface area contributed by atoms with Gasteiger partial charge in [-0.05, 0) is 74.0 Å². The average Bonchev–Trinajstić information content (AvgIpc) is 2.82. The first-order valence-corrected chi connectivity index (χ1v) is 9.69. The third-order valence-corrected chi connectivity index (χ3v) is 6.17. The minimum Gasteiger partial charge on any atom is -0.143 e. The second kappa shape index (κ2) is 6.82. The van der Waals surface area contributed by atoms with Gasteiger partial charge in [0.2, 0.25) is 0 Å². The lowest BCUT2D eigenvalue weighted by molar-refractivity contribution is 0.808. The Balaban J connectivity index is 2.80. The molecule has 0 amide bonds. The lowest BCUT2D eigenvalue weighted by Gasteiger charge is -2.22. The summed E-state index contributed by atoms with van der Waals surface area (Å²) in [4.78, 5) is 1.44. The van der Waals surface area contributed by atoms with E-state index in [-0.39, 0.29) is 0 Å². The fraction of sp³-hybridized carbons (Fsp3) is 0.474. The van der Waals surface area contributed by atoms with Crippen LogP contribution in [-0.4, -0.2) is 0 Å². The van der Waals surface area contributed by atoms with Crippen LogP contribution in [0.2, 0.25) is 0 Å². The van der Waals surface area contributed by atoms with E-state index in [0.717, 1.165) is 0 Å². The molecule has 0 aliphatic heterocycles. The number of rotatable bonds is 4. The number of benzene rings is 1. The standard InChI is InChI=1S/C19H25IS/c1-11(2)14-9-15(12(3)4)18(16(10-14)13(5)6)19-17(20)7-8-21-19/h7-13H,1-6H3. The summed E-state index contributed by atoms with van der Waals surface area (Å²) in [7, 11) is 0. The topological polar surface area (TPSA) is 0 Å². The largest absolute Gasteiger partial charge is 0.143 e. The summed E-state index contributed by atoms with van der Waals surface area (Å²) < 4.78 is 1.37. The van der Waals surface area contributed by atoms with Crippen molar-refractivity contribution in [2.45, 2.75) is 59.3 Å². The summed E-state index contributed by atoms with van der Waals surface area (Å²) in [5, 5.41) is 2.21. The Kier molecular flexibility index (Phi) is 5.53. The third kappa shape index (κ3) is 3.53. The maximum atomic E-state index is 2.47. The van der Waals surface area contributed by atoms with Crippen molar-refractivity contribution in [1.82, 2.24) is 0 Å². The molecular formula is C19H25IS. The van der Waals surface area contributed by atoms with E-state index < -0.39 is 0 Å². The molecule has 2 heteroatoms. The van der Waals surface area contributed by atoms with Gasteiger partial charge in [-0.2, -0.15) is 0 Å². The predicted molar refractivity (Wildman–Crippen MR) is 105 cm³/mol. The van der Waals surface area contributed by atoms with E-state index in [0.29, 0.717) is 17.8 Å². The van der Waals surface area contributed by atoms with Crippen molar-refractivity contribution in [2.75, 3.05) is 0 Å². The molecule has 0 unspecified atom stereocenters. The molecule has 21 heavy (non-hydrogen) atoms. The van der Waals surface area contributed by atoms with Gasteiger partial charge in [0.15, 0.2) is 0 Å². The van der Waals surface area contributed by atoms with E-state index in [1.54, 1.807) is 0 Å². The van der Waals surface area contributed by atoms with E-state index in [1.807, 2.05) is 11.3 Å². The summed E-state index contributed by atoms with van der Waals surface area (Å²) >= 11 is 4.34. The molecule has 0 aliphatic rings. The highest BCUT2D eigenvalue weighted by Crippen LogP contribution is 2.42. The van der Waals surface area contributed by atoms with Crippen molar-refractivity contribution in [3.63, 3.8) is 0 Å². The van der Waals surface area contributed by atoms with E-state index in [2.05, 4.69) is 87.7 Å². The first-order valence-electron chi connectivity index (χ1n) is 7.74. The van der Waals surface area contributed by atoms with Crippen LogP contribution < -0.4 is 0 Å². The first-order chi connectivity index (χ1) is 9.82. The van der Waals surface area contributed by atoms with Crippen LogP contribution in [0.5, 0.6) is 0 Å². The Morgan fingerprint density at radius 1 is 0.857 bits per heavy atom. The van der Waals surface area contributed by atoms with E-state index in [1.165, 1.54) is 30.7 Å². The molecule has 0 saturated heterocycles. The Labute approximate surface area is 147 Å². The maximum absolute atomic E-state index is 2.47. The molecule has 2 aromatic rings. The second-order valence-electron chi connectivity index (χ2n) is 6.64. The quantitative estimate of drug-likeness (QED) is 0.459. The van der Waals surface area contributed by atoms with E-state index in [4.69, 9.17) is 0 Å². The molecule has 0 N–H and O–H groups in total. The lowest BCUT2D eigenvalue weighted by atomic mass is 9.84. The molecule has 114 valence electrons. The highest BCUT2D eigenvalue weighted by molar-refractivity contribution is 14.1. The Morgan fingerprint density at radius 2 is 1.38 bits per heavy atom. The van der Waals surface area contributed by atoms with Crippen molar-refractivity contribution in [1.29, 1.82) is 0 Å². The SMILES string of the molecule is CC(C)c1cc(C(C)C)c(-c2sccc2I)c(C(C)C)c1. The average molecular weight is 412 g/mol. The van der Waals surface area contributed by atoms with Crippen LogP contribution in [0.15, 0.2) is 23.6 Å². The monoisotopic (exact) mass is 412 g/mol. The van der Waals surface area contributed by atoms with Gasteiger partial charge in [0.25, 0.3) is 0 Å². The van der Waals surface area contributed by atoms with Crippen molar-refractivity contribution >= 4 is 33.9 Å². The molecule has 0 aliphatic carbocycles. The van der Waals surface area contributed by atoms with Crippen molar-refractivity contribution in [3.8, 4) is 10.4 Å². The van der Waals surface area contributed by atoms with E-state index >= 15 is 0 Å². The molecule has 1 aromatic heterocycles. The molecule has 0 radical (unpaired) electrons. The molecule has 2 rings (SSSR count). The summed E-state index contributed by atoms with van der Waals surface area (Å²) in [6.07, 6.45) is 0. The predicted octanol–water partition coefficient (Wildman–Crippen LogP) is 7.39. The minimum absolute atomic E-state index is 0.550. The van der Waals surface area contributed by atoms with Crippen LogP contribution in [0, 0.1) is 3.57 Å². The third-order valence-electron chi connectivity index (χ3n) is 3.98. The molecule has 1 heterocycles. The summed E-state index contributed by atoms with van der Waals surface area (Å²) in [6, 6.07) is 7.10. The first kappa shape index (κ1) is 17.0. The lowest BCUT2D eigenvalue weighted by Crippen LogP contribution is -2.03. The van der Waals surface area contributed by atoms with Gasteiger partial charge in [-0.15, -0.1) is 11.3 Å². The molecule has 0 fully saturated rings. The molecule has 0 bridgehead atoms. The van der Waals surface area contributed by atoms with Gasteiger partial charge in [0, 0.05) is 8.45 Å². The molecular weight excluding hydrogens is 387 g/mol. The van der Waals surface area contributed by atoms with E-state index in [9.17, 15) is 0 Å². The molecule has 0 saturated carbocycles. The Morgan fingerprint density at radius 3 is 1.71 bits per heavy atom. The summed E-state index contributed by atoms with van der Waals surface area (Å²) in [5.74, 6) is 1.68. The van der Waals surface area contributed by atoms with Gasteiger partial charge < -0.3 is 0 Å². The molecule has 0 atom stereocenters. The van der Waals surface area contributed by atoms with Gasteiger partial charge in [-0.1, -0.05) is 53.7 Å². The van der Waals surface area contributed by atoms with Gasteiger partial charge in [0.05, 0.1) is 0 Å². The van der Waals surface area contributed by atoms with Gasteiger partial charge in [-0.3, -0.25) is 0 Å². The minimum atomic E-state index is 0.550. The van der Waals surface area contributed by atoms with Crippen LogP contribution in [0.25, 0.3) is 10.4 Å².